The summed E-state index contributed by atoms with van der Waals surface area (Å²) in [5.74, 6) is 0. The molecule has 0 aliphatic carbocycles. The molecule has 2 rings (SSSR count). The normalized spacial score (nSPS) is 53.4. The quantitative estimate of drug-likeness (QED) is 0.434. The highest BCUT2D eigenvalue weighted by Crippen LogP contribution is 2.25. The van der Waals surface area contributed by atoms with Gasteiger partial charge in [0, 0.05) is 0 Å². The molecule has 0 saturated carbocycles. The summed E-state index contributed by atoms with van der Waals surface area (Å²) in [7, 11) is 0. The Kier molecular flexibility index (Phi) is 1.42. The van der Waals surface area contributed by atoms with Crippen molar-refractivity contribution in [3.8, 4) is 0 Å². The standard InChI is InChI=1S/C6H11NO3/c7-3-1-9-6-4(8)2-10-5(3)6/h3-6,8H,1-2,7H2/t3-,4+,5?,6?/m1/s1. The van der Waals surface area contributed by atoms with E-state index in [-0.39, 0.29) is 18.2 Å². The number of nitrogens with two attached hydrogens (primary N) is 1. The van der Waals surface area contributed by atoms with Gasteiger partial charge in [0.2, 0.25) is 0 Å². The highest BCUT2D eigenvalue weighted by molar-refractivity contribution is 4.95. The largest absolute Gasteiger partial charge is 0.388 e. The molecule has 4 nitrogen and oxygen atoms in total. The number of rotatable bonds is 0. The Morgan fingerprint density at radius 1 is 1.20 bits per heavy atom. The summed E-state index contributed by atoms with van der Waals surface area (Å²) < 4.78 is 10.4. The number of aliphatic hydroxyl groups is 1. The molecule has 2 heterocycles. The summed E-state index contributed by atoms with van der Waals surface area (Å²) >= 11 is 0. The zero-order valence-corrected chi connectivity index (χ0v) is 5.56. The van der Waals surface area contributed by atoms with E-state index in [0.717, 1.165) is 0 Å². The SMILES string of the molecule is N[C@@H]1COC2C1OC[C@@H]2O. The third-order valence-corrected chi connectivity index (χ3v) is 2.07. The minimum absolute atomic E-state index is 0.0536. The van der Waals surface area contributed by atoms with E-state index in [1.54, 1.807) is 0 Å². The van der Waals surface area contributed by atoms with Gasteiger partial charge in [-0.1, -0.05) is 0 Å². The molecule has 4 atom stereocenters. The molecule has 2 aliphatic heterocycles. The predicted octanol–water partition coefficient (Wildman–Crippen LogP) is -1.53. The average molecular weight is 145 g/mol. The van der Waals surface area contributed by atoms with E-state index < -0.39 is 6.10 Å². The van der Waals surface area contributed by atoms with Gasteiger partial charge in [0.1, 0.15) is 18.3 Å². The lowest BCUT2D eigenvalue weighted by molar-refractivity contribution is 0.0182. The average Bonchev–Trinajstić information content (AvgIpc) is 2.41. The monoisotopic (exact) mass is 145 g/mol. The molecule has 2 unspecified atom stereocenters. The maximum Gasteiger partial charge on any atom is 0.113 e. The van der Waals surface area contributed by atoms with Crippen LogP contribution in [0.5, 0.6) is 0 Å². The van der Waals surface area contributed by atoms with Crippen molar-refractivity contribution in [2.75, 3.05) is 13.2 Å². The van der Waals surface area contributed by atoms with Crippen LogP contribution in [0.25, 0.3) is 0 Å². The Morgan fingerprint density at radius 3 is 2.60 bits per heavy atom. The van der Waals surface area contributed by atoms with Gasteiger partial charge in [0.25, 0.3) is 0 Å². The number of aliphatic hydroxyl groups excluding tert-OH is 1. The van der Waals surface area contributed by atoms with Gasteiger partial charge in [0.15, 0.2) is 0 Å². The highest BCUT2D eigenvalue weighted by atomic mass is 16.6. The number of fused-ring (bicyclic) bond motifs is 1. The first-order valence-corrected chi connectivity index (χ1v) is 3.46. The fraction of sp³-hybridized carbons (Fsp3) is 1.00. The Bertz CT molecular complexity index is 125. The third-order valence-electron chi connectivity index (χ3n) is 2.07. The molecule has 0 amide bonds. The van der Waals surface area contributed by atoms with E-state index in [2.05, 4.69) is 0 Å². The lowest BCUT2D eigenvalue weighted by Crippen LogP contribution is -2.36. The second-order valence-electron chi connectivity index (χ2n) is 2.83. The molecule has 4 heteroatoms. The van der Waals surface area contributed by atoms with E-state index in [1.807, 2.05) is 0 Å². The van der Waals surface area contributed by atoms with Crippen LogP contribution in [-0.4, -0.2) is 42.7 Å². The molecular weight excluding hydrogens is 134 g/mol. The number of hydrogen-bond acceptors (Lipinski definition) is 4. The second-order valence-corrected chi connectivity index (χ2v) is 2.83. The van der Waals surface area contributed by atoms with Crippen molar-refractivity contribution in [3.05, 3.63) is 0 Å². The summed E-state index contributed by atoms with van der Waals surface area (Å²) in [6.45, 7) is 0.870. The molecule has 58 valence electrons. The Labute approximate surface area is 58.9 Å². The molecule has 0 spiro atoms. The van der Waals surface area contributed by atoms with Gasteiger partial charge in [-0.2, -0.15) is 0 Å². The van der Waals surface area contributed by atoms with Crippen LogP contribution < -0.4 is 5.73 Å². The highest BCUT2D eigenvalue weighted by Gasteiger charge is 2.45. The number of hydrogen-bond donors (Lipinski definition) is 2. The minimum atomic E-state index is -0.474. The van der Waals surface area contributed by atoms with Gasteiger partial charge in [-0.3, -0.25) is 0 Å². The van der Waals surface area contributed by atoms with Crippen LogP contribution in [0.2, 0.25) is 0 Å². The summed E-state index contributed by atoms with van der Waals surface area (Å²) in [4.78, 5) is 0. The van der Waals surface area contributed by atoms with Crippen molar-refractivity contribution in [2.24, 2.45) is 5.73 Å². The van der Waals surface area contributed by atoms with Gasteiger partial charge in [-0.05, 0) is 0 Å². The summed E-state index contributed by atoms with van der Waals surface area (Å²) in [5, 5.41) is 9.21. The lowest BCUT2D eigenvalue weighted by Gasteiger charge is -2.10. The molecule has 10 heavy (non-hydrogen) atoms. The fourth-order valence-electron chi connectivity index (χ4n) is 1.51. The van der Waals surface area contributed by atoms with Crippen molar-refractivity contribution in [3.63, 3.8) is 0 Å². The molecule has 0 radical (unpaired) electrons. The Balaban J connectivity index is 2.09. The fourth-order valence-corrected chi connectivity index (χ4v) is 1.51. The van der Waals surface area contributed by atoms with Gasteiger partial charge in [-0.25, -0.2) is 0 Å². The van der Waals surface area contributed by atoms with Crippen LogP contribution in [0.1, 0.15) is 0 Å². The van der Waals surface area contributed by atoms with Gasteiger partial charge in [0.05, 0.1) is 19.3 Å². The van der Waals surface area contributed by atoms with Crippen molar-refractivity contribution in [1.82, 2.24) is 0 Å². The number of ether oxygens (including phenoxy) is 2. The smallest absolute Gasteiger partial charge is 0.113 e. The molecule has 2 fully saturated rings. The molecule has 0 aromatic rings. The van der Waals surface area contributed by atoms with Gasteiger partial charge in [-0.15, -0.1) is 0 Å². The molecule has 3 N–H and O–H groups in total. The minimum Gasteiger partial charge on any atom is -0.388 e. The first kappa shape index (κ1) is 6.54. The second kappa shape index (κ2) is 2.17. The van der Waals surface area contributed by atoms with Crippen LogP contribution in [0, 0.1) is 0 Å². The molecule has 0 aromatic carbocycles. The van der Waals surface area contributed by atoms with Crippen LogP contribution >= 0.6 is 0 Å². The van der Waals surface area contributed by atoms with Crippen molar-refractivity contribution in [2.45, 2.75) is 24.4 Å². The predicted molar refractivity (Wildman–Crippen MR) is 33.5 cm³/mol. The summed E-state index contributed by atoms with van der Waals surface area (Å²) in [6.07, 6.45) is -0.719. The van der Waals surface area contributed by atoms with Crippen molar-refractivity contribution < 1.29 is 14.6 Å². The molecular formula is C6H11NO3. The lowest BCUT2D eigenvalue weighted by atomic mass is 10.1. The maximum absolute atomic E-state index is 9.21. The zero-order valence-electron chi connectivity index (χ0n) is 5.56. The summed E-state index contributed by atoms with van der Waals surface area (Å²) in [6, 6.07) is -0.0536. The van der Waals surface area contributed by atoms with Crippen LogP contribution in [0.4, 0.5) is 0 Å². The van der Waals surface area contributed by atoms with Crippen LogP contribution in [0.15, 0.2) is 0 Å². The van der Waals surface area contributed by atoms with E-state index in [4.69, 9.17) is 15.2 Å². The first-order chi connectivity index (χ1) is 4.79. The maximum atomic E-state index is 9.21. The molecule has 2 saturated heterocycles. The molecule has 0 aromatic heterocycles. The van der Waals surface area contributed by atoms with E-state index in [1.165, 1.54) is 0 Å². The van der Waals surface area contributed by atoms with Crippen LogP contribution in [-0.2, 0) is 9.47 Å². The van der Waals surface area contributed by atoms with Crippen molar-refractivity contribution in [1.29, 1.82) is 0 Å². The summed E-state index contributed by atoms with van der Waals surface area (Å²) in [5.41, 5.74) is 5.62. The van der Waals surface area contributed by atoms with E-state index in [0.29, 0.717) is 13.2 Å². The third kappa shape index (κ3) is 0.769. The molecule has 2 aliphatic rings. The molecule has 0 bridgehead atoms. The van der Waals surface area contributed by atoms with Crippen LogP contribution in [0.3, 0.4) is 0 Å². The zero-order chi connectivity index (χ0) is 7.14. The van der Waals surface area contributed by atoms with Gasteiger partial charge >= 0.3 is 0 Å². The van der Waals surface area contributed by atoms with Crippen molar-refractivity contribution >= 4 is 0 Å². The Morgan fingerprint density at radius 2 is 1.90 bits per heavy atom. The topological polar surface area (TPSA) is 64.7 Å². The Hall–Kier alpha value is -0.160. The van der Waals surface area contributed by atoms with Gasteiger partial charge < -0.3 is 20.3 Å². The first-order valence-electron chi connectivity index (χ1n) is 3.46. The van der Waals surface area contributed by atoms with E-state index in [9.17, 15) is 5.11 Å². The van der Waals surface area contributed by atoms with E-state index >= 15 is 0 Å².